The highest BCUT2D eigenvalue weighted by atomic mass is 16.6. The van der Waals surface area contributed by atoms with Crippen LogP contribution >= 0.6 is 0 Å². The van der Waals surface area contributed by atoms with Gasteiger partial charge >= 0.3 is 11.9 Å². The van der Waals surface area contributed by atoms with Crippen molar-refractivity contribution < 1.29 is 29.3 Å². The van der Waals surface area contributed by atoms with Gasteiger partial charge in [0, 0.05) is 0 Å². The smallest absolute Gasteiger partial charge is 0.339 e. The summed E-state index contributed by atoms with van der Waals surface area (Å²) in [4.78, 5) is 23.4. The maximum Gasteiger partial charge on any atom is 0.339 e. The molecule has 0 saturated carbocycles. The van der Waals surface area contributed by atoms with E-state index >= 15 is 0 Å². The van der Waals surface area contributed by atoms with Gasteiger partial charge in [-0.1, -0.05) is 26.0 Å². The zero-order chi connectivity index (χ0) is 17.6. The fourth-order valence-electron chi connectivity index (χ4n) is 1.65. The molecule has 0 spiro atoms. The number of phenolic OH excluding ortho intramolecular Hbond substituents is 1. The average molecular weight is 325 g/mol. The largest absolute Gasteiger partial charge is 0.508 e. The molecule has 1 rings (SSSR count). The Morgan fingerprint density at radius 3 is 2.22 bits per heavy atom. The second-order valence-electron chi connectivity index (χ2n) is 5.64. The first-order valence-electron chi connectivity index (χ1n) is 7.32. The van der Waals surface area contributed by atoms with Crippen molar-refractivity contribution in [2.75, 3.05) is 6.61 Å². The molecule has 0 radical (unpaired) electrons. The number of carbonyl (C=O) groups is 2. The second-order valence-corrected chi connectivity index (χ2v) is 5.64. The van der Waals surface area contributed by atoms with Crippen LogP contribution in [0.1, 0.15) is 32.4 Å². The molecule has 3 atom stereocenters. The number of benzene rings is 1. The minimum Gasteiger partial charge on any atom is -0.508 e. The first-order valence-corrected chi connectivity index (χ1v) is 7.32. The van der Waals surface area contributed by atoms with Crippen LogP contribution in [0.4, 0.5) is 0 Å². The molecule has 0 fully saturated rings. The molecule has 7 heteroatoms. The van der Waals surface area contributed by atoms with Gasteiger partial charge in [-0.3, -0.25) is 4.79 Å². The number of aliphatic hydroxyl groups excluding tert-OH is 1. The third-order valence-corrected chi connectivity index (χ3v) is 3.20. The molecular weight excluding hydrogens is 302 g/mol. The summed E-state index contributed by atoms with van der Waals surface area (Å²) in [6.07, 6.45) is -2.15. The number of rotatable bonds is 7. The minimum absolute atomic E-state index is 0.0244. The van der Waals surface area contributed by atoms with Gasteiger partial charge in [0.15, 0.2) is 6.10 Å². The molecule has 0 amide bonds. The molecule has 0 aliphatic rings. The number of phenols is 1. The van der Waals surface area contributed by atoms with Gasteiger partial charge < -0.3 is 25.4 Å². The van der Waals surface area contributed by atoms with Gasteiger partial charge in [-0.15, -0.1) is 0 Å². The van der Waals surface area contributed by atoms with Crippen molar-refractivity contribution in [2.24, 2.45) is 11.7 Å². The van der Waals surface area contributed by atoms with Gasteiger partial charge in [0.25, 0.3) is 0 Å². The summed E-state index contributed by atoms with van der Waals surface area (Å²) in [5.74, 6) is -1.47. The van der Waals surface area contributed by atoms with E-state index in [1.54, 1.807) is 20.8 Å². The third-order valence-electron chi connectivity index (χ3n) is 3.20. The summed E-state index contributed by atoms with van der Waals surface area (Å²) in [6, 6.07) is 4.78. The number of carbonyl (C=O) groups excluding carboxylic acids is 2. The molecule has 0 heterocycles. The van der Waals surface area contributed by atoms with Crippen molar-refractivity contribution in [3.63, 3.8) is 0 Å². The van der Waals surface area contributed by atoms with E-state index in [1.165, 1.54) is 24.3 Å². The first-order chi connectivity index (χ1) is 10.7. The van der Waals surface area contributed by atoms with Crippen LogP contribution in [0, 0.1) is 5.92 Å². The van der Waals surface area contributed by atoms with Crippen molar-refractivity contribution in [3.8, 4) is 5.75 Å². The fraction of sp³-hybridized carbons (Fsp3) is 0.500. The molecule has 7 nitrogen and oxygen atoms in total. The first kappa shape index (κ1) is 18.9. The Morgan fingerprint density at radius 1 is 1.13 bits per heavy atom. The fourth-order valence-corrected chi connectivity index (χ4v) is 1.65. The van der Waals surface area contributed by atoms with Gasteiger partial charge in [0.05, 0.1) is 0 Å². The maximum atomic E-state index is 11.8. The molecule has 128 valence electrons. The van der Waals surface area contributed by atoms with Crippen LogP contribution in [0.25, 0.3) is 0 Å². The number of nitrogens with two attached hydrogens (primary N) is 1. The van der Waals surface area contributed by atoms with Crippen LogP contribution in [-0.4, -0.2) is 40.9 Å². The van der Waals surface area contributed by atoms with Crippen LogP contribution in [0.5, 0.6) is 5.75 Å². The highest BCUT2D eigenvalue weighted by Crippen LogP contribution is 2.18. The van der Waals surface area contributed by atoms with Crippen LogP contribution in [0.15, 0.2) is 24.3 Å². The van der Waals surface area contributed by atoms with Gasteiger partial charge in [-0.2, -0.15) is 0 Å². The molecule has 0 bridgehead atoms. The number of aliphatic hydroxyl groups is 1. The Kier molecular flexibility index (Phi) is 6.99. The average Bonchev–Trinajstić information content (AvgIpc) is 2.51. The van der Waals surface area contributed by atoms with E-state index in [2.05, 4.69) is 0 Å². The summed E-state index contributed by atoms with van der Waals surface area (Å²) in [5.41, 5.74) is 5.95. The SMILES string of the molecule is CC(COC(=O)C(O)c1ccc(O)cc1)OC(=O)C(N)C(C)C. The second kappa shape index (κ2) is 8.50. The summed E-state index contributed by atoms with van der Waals surface area (Å²) in [7, 11) is 0. The van der Waals surface area contributed by atoms with E-state index in [0.717, 1.165) is 0 Å². The van der Waals surface area contributed by atoms with Crippen molar-refractivity contribution >= 4 is 11.9 Å². The molecule has 3 unspecified atom stereocenters. The van der Waals surface area contributed by atoms with Gasteiger partial charge in [0.2, 0.25) is 0 Å². The number of aromatic hydroxyl groups is 1. The summed E-state index contributed by atoms with van der Waals surface area (Å²) in [5, 5.41) is 19.0. The summed E-state index contributed by atoms with van der Waals surface area (Å²) >= 11 is 0. The van der Waals surface area contributed by atoms with Crippen molar-refractivity contribution in [2.45, 2.75) is 39.0 Å². The predicted molar refractivity (Wildman–Crippen MR) is 82.4 cm³/mol. The number of ether oxygens (including phenoxy) is 2. The molecule has 0 aromatic heterocycles. The summed E-state index contributed by atoms with van der Waals surface area (Å²) < 4.78 is 9.99. The monoisotopic (exact) mass is 325 g/mol. The maximum absolute atomic E-state index is 11.8. The molecule has 4 N–H and O–H groups in total. The molecule has 1 aromatic carbocycles. The Morgan fingerprint density at radius 2 is 1.70 bits per heavy atom. The molecule has 23 heavy (non-hydrogen) atoms. The van der Waals surface area contributed by atoms with Gasteiger partial charge in [0.1, 0.15) is 24.5 Å². The van der Waals surface area contributed by atoms with Crippen LogP contribution in [0.2, 0.25) is 0 Å². The van der Waals surface area contributed by atoms with Gasteiger partial charge in [-0.25, -0.2) is 4.79 Å². The lowest BCUT2D eigenvalue weighted by Gasteiger charge is -2.19. The predicted octanol–water partition coefficient (Wildman–Crippen LogP) is 0.884. The van der Waals surface area contributed by atoms with E-state index in [4.69, 9.17) is 20.3 Å². The van der Waals surface area contributed by atoms with E-state index in [-0.39, 0.29) is 18.3 Å². The highest BCUT2D eigenvalue weighted by molar-refractivity contribution is 5.77. The van der Waals surface area contributed by atoms with Crippen LogP contribution in [0.3, 0.4) is 0 Å². The Balaban J connectivity index is 2.46. The normalized spacial score (nSPS) is 14.9. The lowest BCUT2D eigenvalue weighted by molar-refractivity contribution is -0.164. The minimum atomic E-state index is -1.48. The summed E-state index contributed by atoms with van der Waals surface area (Å²) in [6.45, 7) is 4.96. The lowest BCUT2D eigenvalue weighted by atomic mass is 10.1. The molecule has 0 aliphatic carbocycles. The van der Waals surface area contributed by atoms with Crippen molar-refractivity contribution in [3.05, 3.63) is 29.8 Å². The zero-order valence-corrected chi connectivity index (χ0v) is 13.4. The van der Waals surface area contributed by atoms with Crippen LogP contribution in [-0.2, 0) is 19.1 Å². The van der Waals surface area contributed by atoms with E-state index in [0.29, 0.717) is 5.56 Å². The van der Waals surface area contributed by atoms with E-state index < -0.39 is 30.2 Å². The molecule has 0 saturated heterocycles. The third kappa shape index (κ3) is 5.88. The van der Waals surface area contributed by atoms with Crippen molar-refractivity contribution in [1.29, 1.82) is 0 Å². The zero-order valence-electron chi connectivity index (χ0n) is 13.4. The van der Waals surface area contributed by atoms with Crippen LogP contribution < -0.4 is 5.73 Å². The van der Waals surface area contributed by atoms with E-state index in [9.17, 15) is 14.7 Å². The Bertz CT molecular complexity index is 528. The Labute approximate surface area is 135 Å². The number of hydrogen-bond acceptors (Lipinski definition) is 7. The molecule has 0 aliphatic heterocycles. The Hall–Kier alpha value is -2.12. The van der Waals surface area contributed by atoms with E-state index in [1.807, 2.05) is 0 Å². The standard InChI is InChI=1S/C16H23NO6/c1-9(2)13(17)15(20)23-10(3)8-22-16(21)14(19)11-4-6-12(18)7-5-11/h4-7,9-10,13-14,18-19H,8,17H2,1-3H3. The highest BCUT2D eigenvalue weighted by Gasteiger charge is 2.23. The topological polar surface area (TPSA) is 119 Å². The quantitative estimate of drug-likeness (QED) is 0.637. The number of hydrogen-bond donors (Lipinski definition) is 3. The lowest BCUT2D eigenvalue weighted by Crippen LogP contribution is -2.39. The van der Waals surface area contributed by atoms with Gasteiger partial charge in [-0.05, 0) is 30.5 Å². The van der Waals surface area contributed by atoms with Crippen molar-refractivity contribution in [1.82, 2.24) is 0 Å². The molecule has 1 aromatic rings. The number of esters is 2. The molecular formula is C16H23NO6.